The van der Waals surface area contributed by atoms with Gasteiger partial charge in [0.1, 0.15) is 6.04 Å². The second-order valence-corrected chi connectivity index (χ2v) is 1.95. The summed E-state index contributed by atoms with van der Waals surface area (Å²) >= 11 is 0. The van der Waals surface area contributed by atoms with E-state index in [0.29, 0.717) is 0 Å². The van der Waals surface area contributed by atoms with Crippen LogP contribution < -0.4 is 41.0 Å². The van der Waals surface area contributed by atoms with Gasteiger partial charge in [-0.3, -0.25) is 9.59 Å². The van der Waals surface area contributed by atoms with Gasteiger partial charge in [-0.05, 0) is 6.42 Å². The predicted octanol–water partition coefficient (Wildman–Crippen LogP) is -4.33. The van der Waals surface area contributed by atoms with Gasteiger partial charge in [0.25, 0.3) is 0 Å². The largest absolute Gasteiger partial charge is 1.00 e. The maximum atomic E-state index is 10.1. The van der Waals surface area contributed by atoms with Crippen LogP contribution in [0.2, 0.25) is 0 Å². The molecule has 58 valence electrons. The zero-order valence-corrected chi connectivity index (χ0v) is 8.41. The molecule has 5 nitrogen and oxygen atoms in total. The summed E-state index contributed by atoms with van der Waals surface area (Å²) in [5.74, 6) is -1.64. The van der Waals surface area contributed by atoms with Crippen molar-refractivity contribution in [2.24, 2.45) is 11.5 Å². The Hall–Kier alpha value is -0.100. The van der Waals surface area contributed by atoms with E-state index >= 15 is 0 Å². The summed E-state index contributed by atoms with van der Waals surface area (Å²) in [6.45, 7) is 0. The summed E-state index contributed by atoms with van der Waals surface area (Å²) in [5.41, 5.74) is 9.81. The molecule has 0 aliphatic rings. The van der Waals surface area contributed by atoms with Gasteiger partial charge in [0.05, 0.1) is 0 Å². The molecule has 0 spiro atoms. The number of rotatable bonds is 4. The minimum Gasteiger partial charge on any atom is -0.480 e. The van der Waals surface area contributed by atoms with Gasteiger partial charge in [0, 0.05) is 6.42 Å². The Morgan fingerprint density at radius 2 is 1.91 bits per heavy atom. The van der Waals surface area contributed by atoms with E-state index in [-0.39, 0.29) is 42.4 Å². The predicted molar refractivity (Wildman–Crippen MR) is 34.0 cm³/mol. The van der Waals surface area contributed by atoms with Gasteiger partial charge in [0.15, 0.2) is 0 Å². The zero-order valence-electron chi connectivity index (χ0n) is 6.41. The Labute approximate surface area is 86.4 Å². The minimum absolute atomic E-state index is 0. The molecule has 0 rings (SSSR count). The van der Waals surface area contributed by atoms with Gasteiger partial charge in [-0.25, -0.2) is 0 Å². The Kier molecular flexibility index (Phi) is 8.09. The number of carboxylic acids is 1. The van der Waals surface area contributed by atoms with Crippen molar-refractivity contribution >= 4 is 11.9 Å². The number of carbonyl (C=O) groups excluding carboxylic acids is 1. The number of hydrogen-bond acceptors (Lipinski definition) is 3. The SMILES string of the molecule is NC(=O)CCC(N)C(=O)O.[Na+]. The van der Waals surface area contributed by atoms with Crippen LogP contribution >= 0.6 is 0 Å². The van der Waals surface area contributed by atoms with E-state index in [1.54, 1.807) is 0 Å². The summed E-state index contributed by atoms with van der Waals surface area (Å²) in [6, 6.07) is -0.979. The van der Waals surface area contributed by atoms with Crippen molar-refractivity contribution in [3.05, 3.63) is 0 Å². The average Bonchev–Trinajstić information content (AvgIpc) is 1.82. The number of carboxylic acid groups (broad SMARTS) is 1. The second-order valence-electron chi connectivity index (χ2n) is 1.95. The summed E-state index contributed by atoms with van der Waals surface area (Å²) in [7, 11) is 0. The summed E-state index contributed by atoms with van der Waals surface area (Å²) in [4.78, 5) is 20.1. The van der Waals surface area contributed by atoms with E-state index in [1.807, 2.05) is 0 Å². The molecular weight excluding hydrogens is 159 g/mol. The van der Waals surface area contributed by atoms with E-state index in [0.717, 1.165) is 0 Å². The standard InChI is InChI=1S/C5H10N2O3.Na/c6-3(5(9)10)1-2-4(7)8;/h3H,1-2,6H2,(H2,7,8)(H,9,10);/q;+1. The molecule has 0 radical (unpaired) electrons. The van der Waals surface area contributed by atoms with Crippen molar-refractivity contribution in [2.75, 3.05) is 0 Å². The number of amides is 1. The molecule has 5 N–H and O–H groups in total. The number of carbonyl (C=O) groups is 2. The molecule has 0 aromatic heterocycles. The van der Waals surface area contributed by atoms with E-state index in [2.05, 4.69) is 0 Å². The van der Waals surface area contributed by atoms with Crippen molar-refractivity contribution in [1.82, 2.24) is 0 Å². The fourth-order valence-electron chi connectivity index (χ4n) is 0.421. The van der Waals surface area contributed by atoms with Crippen LogP contribution in [0.4, 0.5) is 0 Å². The first-order valence-corrected chi connectivity index (χ1v) is 2.80. The minimum atomic E-state index is -1.11. The second kappa shape index (κ2) is 6.60. The Bertz CT molecular complexity index is 151. The van der Waals surface area contributed by atoms with Crippen LogP contribution in [0, 0.1) is 0 Å². The van der Waals surface area contributed by atoms with Crippen LogP contribution in [0.1, 0.15) is 12.8 Å². The molecule has 0 bridgehead atoms. The van der Waals surface area contributed by atoms with Crippen LogP contribution in [-0.2, 0) is 9.59 Å². The van der Waals surface area contributed by atoms with Crippen molar-refractivity contribution < 1.29 is 44.3 Å². The molecule has 0 heterocycles. The average molecular weight is 169 g/mol. The third kappa shape index (κ3) is 7.80. The number of nitrogens with two attached hydrogens (primary N) is 2. The maximum absolute atomic E-state index is 10.1. The van der Waals surface area contributed by atoms with Crippen LogP contribution in [0.5, 0.6) is 0 Å². The zero-order chi connectivity index (χ0) is 8.15. The molecule has 0 aliphatic carbocycles. The van der Waals surface area contributed by atoms with Crippen LogP contribution in [0.3, 0.4) is 0 Å². The van der Waals surface area contributed by atoms with E-state index in [4.69, 9.17) is 16.6 Å². The van der Waals surface area contributed by atoms with Crippen LogP contribution in [0.25, 0.3) is 0 Å². The summed E-state index contributed by atoms with van der Waals surface area (Å²) in [6.07, 6.45) is 0.123. The molecule has 0 aliphatic heterocycles. The molecule has 1 unspecified atom stereocenters. The molecule has 6 heteroatoms. The molecule has 1 atom stereocenters. The number of hydrogen-bond donors (Lipinski definition) is 3. The fraction of sp³-hybridized carbons (Fsp3) is 0.600. The molecule has 0 aromatic carbocycles. The van der Waals surface area contributed by atoms with E-state index in [9.17, 15) is 9.59 Å². The van der Waals surface area contributed by atoms with Crippen LogP contribution in [-0.4, -0.2) is 23.0 Å². The molecule has 0 saturated carbocycles. The van der Waals surface area contributed by atoms with E-state index in [1.165, 1.54) is 0 Å². The normalized spacial score (nSPS) is 11.4. The quantitative estimate of drug-likeness (QED) is 0.370. The Morgan fingerprint density at radius 3 is 2.18 bits per heavy atom. The third-order valence-electron chi connectivity index (χ3n) is 1.02. The van der Waals surface area contributed by atoms with Crippen molar-refractivity contribution in [2.45, 2.75) is 18.9 Å². The Balaban J connectivity index is 0. The molecule has 0 aromatic rings. The molecule has 0 saturated heterocycles. The summed E-state index contributed by atoms with van der Waals surface area (Å²) < 4.78 is 0. The van der Waals surface area contributed by atoms with Gasteiger partial charge in [-0.15, -0.1) is 0 Å². The molecule has 0 fully saturated rings. The topological polar surface area (TPSA) is 106 Å². The smallest absolute Gasteiger partial charge is 0.480 e. The first kappa shape index (κ1) is 13.5. The molecule has 1 amide bonds. The van der Waals surface area contributed by atoms with Gasteiger partial charge >= 0.3 is 35.5 Å². The fourth-order valence-corrected chi connectivity index (χ4v) is 0.421. The van der Waals surface area contributed by atoms with Crippen LogP contribution in [0.15, 0.2) is 0 Å². The number of aliphatic carboxylic acids is 1. The Morgan fingerprint density at radius 1 is 1.45 bits per heavy atom. The first-order chi connectivity index (χ1) is 4.54. The number of primary amides is 1. The first-order valence-electron chi connectivity index (χ1n) is 2.80. The van der Waals surface area contributed by atoms with Crippen molar-refractivity contribution in [3.63, 3.8) is 0 Å². The van der Waals surface area contributed by atoms with Gasteiger partial charge in [0.2, 0.25) is 5.91 Å². The molecular formula is C5H10N2NaO3+. The molecule has 11 heavy (non-hydrogen) atoms. The maximum Gasteiger partial charge on any atom is 1.00 e. The monoisotopic (exact) mass is 169 g/mol. The van der Waals surface area contributed by atoms with Gasteiger partial charge in [-0.2, -0.15) is 0 Å². The summed E-state index contributed by atoms with van der Waals surface area (Å²) in [5, 5.41) is 8.22. The van der Waals surface area contributed by atoms with Crippen molar-refractivity contribution in [1.29, 1.82) is 0 Å². The van der Waals surface area contributed by atoms with Gasteiger partial charge < -0.3 is 16.6 Å². The third-order valence-corrected chi connectivity index (χ3v) is 1.02. The van der Waals surface area contributed by atoms with E-state index < -0.39 is 17.9 Å². The van der Waals surface area contributed by atoms with Crippen molar-refractivity contribution in [3.8, 4) is 0 Å². The van der Waals surface area contributed by atoms with Gasteiger partial charge in [-0.1, -0.05) is 0 Å².